The van der Waals surface area contributed by atoms with Gasteiger partial charge in [-0.1, -0.05) is 37.8 Å². The molecule has 2 nitrogen and oxygen atoms in total. The zero-order valence-electron chi connectivity index (χ0n) is 9.83. The van der Waals surface area contributed by atoms with Crippen LogP contribution in [0.15, 0.2) is 24.3 Å². The summed E-state index contributed by atoms with van der Waals surface area (Å²) in [4.78, 5) is 11.2. The SMILES string of the molecule is C[Si](C)(C)CC(C(=O)O)c1ccccc1F. The van der Waals surface area contributed by atoms with Crippen LogP contribution in [0.1, 0.15) is 11.5 Å². The minimum Gasteiger partial charge on any atom is -0.481 e. The lowest BCUT2D eigenvalue weighted by Gasteiger charge is -2.22. The van der Waals surface area contributed by atoms with Crippen molar-refractivity contribution < 1.29 is 14.3 Å². The summed E-state index contributed by atoms with van der Waals surface area (Å²) in [7, 11) is -1.54. The molecule has 0 radical (unpaired) electrons. The van der Waals surface area contributed by atoms with Crippen molar-refractivity contribution in [2.45, 2.75) is 31.6 Å². The third kappa shape index (κ3) is 3.45. The van der Waals surface area contributed by atoms with Gasteiger partial charge in [0, 0.05) is 13.6 Å². The highest BCUT2D eigenvalue weighted by molar-refractivity contribution is 6.76. The maximum absolute atomic E-state index is 13.5. The minimum absolute atomic E-state index is 0.303. The Balaban J connectivity index is 3.04. The molecule has 0 aromatic heterocycles. The molecule has 1 rings (SSSR count). The third-order valence-electron chi connectivity index (χ3n) is 2.40. The lowest BCUT2D eigenvalue weighted by atomic mass is 10.0. The monoisotopic (exact) mass is 240 g/mol. The smallest absolute Gasteiger partial charge is 0.310 e. The molecule has 0 aliphatic heterocycles. The van der Waals surface area contributed by atoms with E-state index in [9.17, 15) is 14.3 Å². The molecule has 1 N–H and O–H groups in total. The molecule has 1 unspecified atom stereocenters. The van der Waals surface area contributed by atoms with E-state index in [0.717, 1.165) is 0 Å². The third-order valence-corrected chi connectivity index (χ3v) is 4.03. The van der Waals surface area contributed by atoms with Crippen LogP contribution in [0.4, 0.5) is 4.39 Å². The highest BCUT2D eigenvalue weighted by Crippen LogP contribution is 2.28. The number of carboxylic acids is 1. The summed E-state index contributed by atoms with van der Waals surface area (Å²) in [5.74, 6) is -2.08. The Kier molecular flexibility index (Phi) is 3.86. The van der Waals surface area contributed by atoms with E-state index >= 15 is 0 Å². The molecule has 0 aliphatic carbocycles. The van der Waals surface area contributed by atoms with Crippen LogP contribution in [0.2, 0.25) is 25.7 Å². The summed E-state index contributed by atoms with van der Waals surface area (Å²) in [5.41, 5.74) is 0.303. The highest BCUT2D eigenvalue weighted by Gasteiger charge is 2.28. The van der Waals surface area contributed by atoms with Crippen molar-refractivity contribution in [3.63, 3.8) is 0 Å². The number of carboxylic acid groups (broad SMARTS) is 1. The van der Waals surface area contributed by atoms with E-state index in [2.05, 4.69) is 19.6 Å². The summed E-state index contributed by atoms with van der Waals surface area (Å²) in [6.07, 6.45) is 0. The summed E-state index contributed by atoms with van der Waals surface area (Å²) < 4.78 is 13.5. The van der Waals surface area contributed by atoms with E-state index < -0.39 is 25.8 Å². The Morgan fingerprint density at radius 1 is 1.38 bits per heavy atom. The van der Waals surface area contributed by atoms with E-state index in [1.807, 2.05) is 0 Å². The molecule has 1 aromatic carbocycles. The number of benzene rings is 1. The van der Waals surface area contributed by atoms with E-state index in [-0.39, 0.29) is 0 Å². The molecule has 1 aromatic rings. The van der Waals surface area contributed by atoms with Gasteiger partial charge in [-0.25, -0.2) is 4.39 Å². The normalized spacial score (nSPS) is 13.5. The maximum Gasteiger partial charge on any atom is 0.310 e. The molecule has 0 aliphatic rings. The van der Waals surface area contributed by atoms with Crippen molar-refractivity contribution in [2.75, 3.05) is 0 Å². The van der Waals surface area contributed by atoms with Crippen LogP contribution in [0.25, 0.3) is 0 Å². The molecule has 0 saturated carbocycles. The number of hydrogen-bond acceptors (Lipinski definition) is 1. The Morgan fingerprint density at radius 2 is 1.94 bits per heavy atom. The van der Waals surface area contributed by atoms with E-state index in [4.69, 9.17) is 0 Å². The topological polar surface area (TPSA) is 37.3 Å². The molecule has 0 fully saturated rings. The van der Waals surface area contributed by atoms with E-state index in [1.165, 1.54) is 6.07 Å². The first kappa shape index (κ1) is 12.9. The summed E-state index contributed by atoms with van der Waals surface area (Å²) in [6, 6.07) is 6.69. The van der Waals surface area contributed by atoms with Gasteiger partial charge in [0.05, 0.1) is 5.92 Å². The molecule has 4 heteroatoms. The Labute approximate surface area is 96.1 Å². The fourth-order valence-electron chi connectivity index (χ4n) is 1.70. The second-order valence-corrected chi connectivity index (χ2v) is 10.7. The lowest BCUT2D eigenvalue weighted by molar-refractivity contribution is -0.138. The Hall–Kier alpha value is -1.16. The second kappa shape index (κ2) is 4.78. The van der Waals surface area contributed by atoms with Gasteiger partial charge in [0.1, 0.15) is 5.82 Å². The first-order valence-corrected chi connectivity index (χ1v) is 8.99. The van der Waals surface area contributed by atoms with Gasteiger partial charge in [-0.05, 0) is 12.1 Å². The van der Waals surface area contributed by atoms with Gasteiger partial charge in [-0.15, -0.1) is 0 Å². The van der Waals surface area contributed by atoms with Crippen LogP contribution >= 0.6 is 0 Å². The predicted octanol–water partition coefficient (Wildman–Crippen LogP) is 3.33. The number of rotatable bonds is 4. The number of hydrogen-bond donors (Lipinski definition) is 1. The van der Waals surface area contributed by atoms with Crippen LogP contribution in [0.3, 0.4) is 0 Å². The Morgan fingerprint density at radius 3 is 2.38 bits per heavy atom. The zero-order chi connectivity index (χ0) is 12.3. The predicted molar refractivity (Wildman–Crippen MR) is 64.9 cm³/mol. The van der Waals surface area contributed by atoms with E-state index in [1.54, 1.807) is 18.2 Å². The van der Waals surface area contributed by atoms with Crippen LogP contribution < -0.4 is 0 Å². The summed E-state index contributed by atoms with van der Waals surface area (Å²) >= 11 is 0. The van der Waals surface area contributed by atoms with E-state index in [0.29, 0.717) is 11.6 Å². The van der Waals surface area contributed by atoms with Gasteiger partial charge in [0.15, 0.2) is 0 Å². The van der Waals surface area contributed by atoms with Crippen LogP contribution in [0, 0.1) is 5.82 Å². The first-order valence-electron chi connectivity index (χ1n) is 5.28. The van der Waals surface area contributed by atoms with Gasteiger partial charge in [-0.2, -0.15) is 0 Å². The second-order valence-electron chi connectivity index (χ2n) is 5.18. The molecular weight excluding hydrogens is 223 g/mol. The number of halogens is 1. The number of aliphatic carboxylic acids is 1. The summed E-state index contributed by atoms with van der Waals surface area (Å²) in [6.45, 7) is 6.26. The van der Waals surface area contributed by atoms with Crippen molar-refractivity contribution in [3.8, 4) is 0 Å². The fraction of sp³-hybridized carbons (Fsp3) is 0.417. The highest BCUT2D eigenvalue weighted by atomic mass is 28.3. The van der Waals surface area contributed by atoms with Crippen molar-refractivity contribution in [1.29, 1.82) is 0 Å². The molecule has 16 heavy (non-hydrogen) atoms. The van der Waals surface area contributed by atoms with Crippen molar-refractivity contribution in [2.24, 2.45) is 0 Å². The molecule has 0 bridgehead atoms. The summed E-state index contributed by atoms with van der Waals surface area (Å²) in [5, 5.41) is 9.17. The van der Waals surface area contributed by atoms with Gasteiger partial charge < -0.3 is 5.11 Å². The molecule has 88 valence electrons. The van der Waals surface area contributed by atoms with Crippen molar-refractivity contribution >= 4 is 14.0 Å². The standard InChI is InChI=1S/C12H17FO2Si/c1-16(2,3)8-10(12(14)15)9-6-4-5-7-11(9)13/h4-7,10H,8H2,1-3H3,(H,14,15). The molecule has 0 spiro atoms. The maximum atomic E-state index is 13.5. The quantitative estimate of drug-likeness (QED) is 0.820. The fourth-order valence-corrected chi connectivity index (χ4v) is 3.32. The Bertz CT molecular complexity index is 385. The van der Waals surface area contributed by atoms with Crippen LogP contribution in [-0.2, 0) is 4.79 Å². The van der Waals surface area contributed by atoms with Crippen molar-refractivity contribution in [3.05, 3.63) is 35.6 Å². The molecule has 1 atom stereocenters. The average molecular weight is 240 g/mol. The van der Waals surface area contributed by atoms with Gasteiger partial charge >= 0.3 is 5.97 Å². The largest absolute Gasteiger partial charge is 0.481 e. The minimum atomic E-state index is -1.54. The zero-order valence-corrected chi connectivity index (χ0v) is 10.8. The van der Waals surface area contributed by atoms with Gasteiger partial charge in [0.25, 0.3) is 0 Å². The first-order chi connectivity index (χ1) is 7.31. The van der Waals surface area contributed by atoms with Gasteiger partial charge in [-0.3, -0.25) is 4.79 Å². The lowest BCUT2D eigenvalue weighted by Crippen LogP contribution is -2.27. The van der Waals surface area contributed by atoms with Crippen molar-refractivity contribution in [1.82, 2.24) is 0 Å². The van der Waals surface area contributed by atoms with Crippen LogP contribution in [-0.4, -0.2) is 19.1 Å². The average Bonchev–Trinajstić information content (AvgIpc) is 2.13. The molecule has 0 saturated heterocycles. The van der Waals surface area contributed by atoms with Crippen LogP contribution in [0.5, 0.6) is 0 Å². The molecular formula is C12H17FO2Si. The molecule has 0 heterocycles. The van der Waals surface area contributed by atoms with Gasteiger partial charge in [0.2, 0.25) is 0 Å². The molecule has 0 amide bonds. The number of carbonyl (C=O) groups is 1.